The number of carbonyl (C=O) groups is 2. The third kappa shape index (κ3) is 3.93. The zero-order valence-corrected chi connectivity index (χ0v) is 15.9. The average Bonchev–Trinajstić information content (AvgIpc) is 3.31. The van der Waals surface area contributed by atoms with Crippen molar-refractivity contribution < 1.29 is 28.0 Å². The molecular weight excluding hydrogens is 378 g/mol. The van der Waals surface area contributed by atoms with Crippen LogP contribution >= 0.6 is 0 Å². The molecule has 9 heteroatoms. The summed E-state index contributed by atoms with van der Waals surface area (Å²) in [4.78, 5) is 24.2. The molecule has 0 spiro atoms. The van der Waals surface area contributed by atoms with Crippen molar-refractivity contribution in [3.8, 4) is 22.8 Å². The summed E-state index contributed by atoms with van der Waals surface area (Å²) in [5.74, 6) is 1.29. The van der Waals surface area contributed by atoms with Crippen LogP contribution in [-0.2, 0) is 16.1 Å². The fraction of sp³-hybridized carbons (Fsp3) is 0.250. The van der Waals surface area contributed by atoms with Gasteiger partial charge in [-0.25, -0.2) is 0 Å². The normalized spacial score (nSPS) is 12.5. The number of furan rings is 1. The van der Waals surface area contributed by atoms with E-state index >= 15 is 0 Å². The number of nitrogens with zero attached hydrogens (tertiary/aromatic N) is 1. The maximum atomic E-state index is 12.1. The second kappa shape index (κ2) is 7.70. The highest BCUT2D eigenvalue weighted by Gasteiger charge is 2.18. The van der Waals surface area contributed by atoms with E-state index in [9.17, 15) is 9.59 Å². The van der Waals surface area contributed by atoms with Gasteiger partial charge in [-0.2, -0.15) is 0 Å². The molecule has 0 bridgehead atoms. The third-order valence-electron chi connectivity index (χ3n) is 4.37. The van der Waals surface area contributed by atoms with Crippen molar-refractivity contribution in [2.45, 2.75) is 20.4 Å². The van der Waals surface area contributed by atoms with Gasteiger partial charge in [-0.1, -0.05) is 5.16 Å². The molecule has 4 rings (SSSR count). The first-order valence-electron chi connectivity index (χ1n) is 9.02. The van der Waals surface area contributed by atoms with Gasteiger partial charge in [0.2, 0.25) is 0 Å². The molecule has 0 fully saturated rings. The van der Waals surface area contributed by atoms with Gasteiger partial charge in [0.25, 0.3) is 0 Å². The maximum absolute atomic E-state index is 12.1. The number of rotatable bonds is 4. The van der Waals surface area contributed by atoms with E-state index in [1.807, 2.05) is 6.92 Å². The molecule has 150 valence electrons. The average molecular weight is 397 g/mol. The van der Waals surface area contributed by atoms with E-state index in [1.165, 1.54) is 0 Å². The van der Waals surface area contributed by atoms with Crippen molar-refractivity contribution in [2.75, 3.05) is 18.5 Å². The zero-order chi connectivity index (χ0) is 20.4. The monoisotopic (exact) mass is 397 g/mol. The first-order chi connectivity index (χ1) is 14.0. The minimum atomic E-state index is -0.792. The Morgan fingerprint density at radius 3 is 2.59 bits per heavy atom. The number of aromatic nitrogens is 1. The smallest absolute Gasteiger partial charge is 0.313 e. The maximum Gasteiger partial charge on any atom is 0.313 e. The Bertz CT molecular complexity index is 1050. The molecule has 0 unspecified atom stereocenters. The van der Waals surface area contributed by atoms with Gasteiger partial charge in [0, 0.05) is 11.8 Å². The van der Waals surface area contributed by atoms with Crippen LogP contribution in [0.25, 0.3) is 11.3 Å². The van der Waals surface area contributed by atoms with Crippen LogP contribution in [0.5, 0.6) is 11.5 Å². The fourth-order valence-corrected chi connectivity index (χ4v) is 3.00. The van der Waals surface area contributed by atoms with Crippen LogP contribution in [0, 0.1) is 13.8 Å². The lowest BCUT2D eigenvalue weighted by Crippen LogP contribution is -2.34. The van der Waals surface area contributed by atoms with Gasteiger partial charge in [0.15, 0.2) is 11.5 Å². The predicted octanol–water partition coefficient (Wildman–Crippen LogP) is 2.58. The quantitative estimate of drug-likeness (QED) is 0.650. The predicted molar refractivity (Wildman–Crippen MR) is 102 cm³/mol. The van der Waals surface area contributed by atoms with Gasteiger partial charge in [0.1, 0.15) is 30.5 Å². The molecule has 2 aromatic heterocycles. The molecule has 0 saturated carbocycles. The topological polar surface area (TPSA) is 116 Å². The van der Waals surface area contributed by atoms with E-state index in [0.29, 0.717) is 53.4 Å². The minimum Gasteiger partial charge on any atom is -0.486 e. The summed E-state index contributed by atoms with van der Waals surface area (Å²) in [7, 11) is 0. The molecule has 0 radical (unpaired) electrons. The van der Waals surface area contributed by atoms with Crippen LogP contribution < -0.4 is 20.1 Å². The Kier molecular flexibility index (Phi) is 4.94. The number of nitrogens with one attached hydrogen (secondary N) is 2. The van der Waals surface area contributed by atoms with E-state index in [4.69, 9.17) is 18.4 Å². The molecule has 2 N–H and O–H groups in total. The van der Waals surface area contributed by atoms with E-state index in [1.54, 1.807) is 37.3 Å². The molecule has 29 heavy (non-hydrogen) atoms. The first kappa shape index (κ1) is 18.6. The van der Waals surface area contributed by atoms with E-state index < -0.39 is 11.8 Å². The Balaban J connectivity index is 1.34. The number of aryl methyl sites for hydroxylation is 2. The van der Waals surface area contributed by atoms with E-state index in [-0.39, 0.29) is 6.54 Å². The van der Waals surface area contributed by atoms with Gasteiger partial charge >= 0.3 is 11.8 Å². The Labute approximate surface area is 166 Å². The standard InChI is InChI=1S/C20H19N3O6/c1-11-18(12(2)29-23-11)16-6-4-14(28-16)10-21-19(24)20(25)22-13-3-5-15-17(9-13)27-8-7-26-15/h3-6,9H,7-8,10H2,1-2H3,(H,21,24)(H,22,25). The van der Waals surface area contributed by atoms with Crippen molar-refractivity contribution in [1.82, 2.24) is 10.5 Å². The zero-order valence-electron chi connectivity index (χ0n) is 15.9. The van der Waals surface area contributed by atoms with Crippen LogP contribution in [0.2, 0.25) is 0 Å². The molecule has 3 aromatic rings. The van der Waals surface area contributed by atoms with Crippen molar-refractivity contribution in [3.05, 3.63) is 47.5 Å². The minimum absolute atomic E-state index is 0.0662. The lowest BCUT2D eigenvalue weighted by atomic mass is 10.1. The Hall–Kier alpha value is -3.75. The lowest BCUT2D eigenvalue weighted by molar-refractivity contribution is -0.136. The second-order valence-electron chi connectivity index (χ2n) is 6.46. The summed E-state index contributed by atoms with van der Waals surface area (Å²) in [6.07, 6.45) is 0. The number of hydrogen-bond donors (Lipinski definition) is 2. The number of benzene rings is 1. The number of fused-ring (bicyclic) bond motifs is 1. The molecule has 2 amide bonds. The summed E-state index contributed by atoms with van der Waals surface area (Å²) in [5, 5.41) is 8.95. The summed E-state index contributed by atoms with van der Waals surface area (Å²) in [6, 6.07) is 8.42. The Morgan fingerprint density at radius 1 is 1.03 bits per heavy atom. The molecule has 0 atom stereocenters. The molecule has 1 aromatic carbocycles. The highest BCUT2D eigenvalue weighted by molar-refractivity contribution is 6.39. The molecule has 9 nitrogen and oxygen atoms in total. The summed E-state index contributed by atoms with van der Waals surface area (Å²) in [5.41, 5.74) is 1.93. The molecular formula is C20H19N3O6. The lowest BCUT2D eigenvalue weighted by Gasteiger charge is -2.18. The van der Waals surface area contributed by atoms with Gasteiger partial charge < -0.3 is 29.0 Å². The van der Waals surface area contributed by atoms with E-state index in [2.05, 4.69) is 15.8 Å². The highest BCUT2D eigenvalue weighted by atomic mass is 16.6. The summed E-state index contributed by atoms with van der Waals surface area (Å²) >= 11 is 0. The van der Waals surface area contributed by atoms with Crippen molar-refractivity contribution in [1.29, 1.82) is 0 Å². The van der Waals surface area contributed by atoms with Gasteiger partial charge in [-0.3, -0.25) is 9.59 Å². The van der Waals surface area contributed by atoms with Crippen LogP contribution in [0.15, 0.2) is 39.3 Å². The molecule has 0 aliphatic carbocycles. The molecule has 1 aliphatic rings. The number of ether oxygens (including phenoxy) is 2. The SMILES string of the molecule is Cc1noc(C)c1-c1ccc(CNC(=O)C(=O)Nc2ccc3c(c2)OCCO3)o1. The highest BCUT2D eigenvalue weighted by Crippen LogP contribution is 2.32. The fourth-order valence-electron chi connectivity index (χ4n) is 3.00. The van der Waals surface area contributed by atoms with Crippen LogP contribution in [0.3, 0.4) is 0 Å². The first-order valence-corrected chi connectivity index (χ1v) is 9.02. The third-order valence-corrected chi connectivity index (χ3v) is 4.37. The van der Waals surface area contributed by atoms with Crippen molar-refractivity contribution in [3.63, 3.8) is 0 Å². The van der Waals surface area contributed by atoms with Crippen molar-refractivity contribution in [2.24, 2.45) is 0 Å². The van der Waals surface area contributed by atoms with Gasteiger partial charge in [0.05, 0.1) is 17.8 Å². The van der Waals surface area contributed by atoms with Crippen LogP contribution in [-0.4, -0.2) is 30.2 Å². The van der Waals surface area contributed by atoms with E-state index in [0.717, 1.165) is 5.56 Å². The summed E-state index contributed by atoms with van der Waals surface area (Å²) < 4.78 is 21.7. The number of carbonyl (C=O) groups excluding carboxylic acids is 2. The molecule has 3 heterocycles. The number of hydrogen-bond acceptors (Lipinski definition) is 7. The van der Waals surface area contributed by atoms with Gasteiger partial charge in [-0.15, -0.1) is 0 Å². The van der Waals surface area contributed by atoms with Crippen molar-refractivity contribution >= 4 is 17.5 Å². The molecule has 0 saturated heterocycles. The second-order valence-corrected chi connectivity index (χ2v) is 6.46. The Morgan fingerprint density at radius 2 is 1.83 bits per heavy atom. The number of anilines is 1. The molecule has 1 aliphatic heterocycles. The largest absolute Gasteiger partial charge is 0.486 e. The number of amides is 2. The van der Waals surface area contributed by atoms with Gasteiger partial charge in [-0.05, 0) is 38.1 Å². The van der Waals surface area contributed by atoms with Crippen LogP contribution in [0.1, 0.15) is 17.2 Å². The van der Waals surface area contributed by atoms with Crippen LogP contribution in [0.4, 0.5) is 5.69 Å². The summed E-state index contributed by atoms with van der Waals surface area (Å²) in [6.45, 7) is 4.59.